The largest absolute Gasteiger partial charge is 2.00 e. The first-order valence-electron chi connectivity index (χ1n) is 1.46. The second-order valence-corrected chi connectivity index (χ2v) is 2.68. The monoisotopic (exact) mass is 982 g/mol. The molecule has 0 rings (SSSR count). The molecule has 0 spiro atoms. The molecule has 8 nitrogen and oxygen atoms in total. The molecular weight excluding hydrogens is 979 g/mol. The Hall–Kier alpha value is 4.54. The molecule has 0 aromatic heterocycles. The van der Waals surface area contributed by atoms with Gasteiger partial charge in [0, 0.05) is 51.2 Å². The van der Waals surface area contributed by atoms with Crippen molar-refractivity contribution in [2.75, 3.05) is 0 Å². The third-order valence-corrected chi connectivity index (χ3v) is 0. The topological polar surface area (TPSA) is 172 Å². The maximum Gasteiger partial charge on any atom is 2.00 e. The number of hydrogen-bond acceptors (Lipinski definition) is 8. The van der Waals surface area contributed by atoms with Gasteiger partial charge < -0.3 is 38.5 Å². The number of rotatable bonds is 0. The van der Waals surface area contributed by atoms with Crippen molar-refractivity contribution in [3.05, 3.63) is 0 Å². The molecule has 0 bridgehead atoms. The van der Waals surface area contributed by atoms with Crippen molar-refractivity contribution in [1.82, 2.24) is 0 Å². The Morgan fingerprint density at radius 2 is 0.500 bits per heavy atom. The maximum absolute atomic E-state index is 8.55. The molecule has 0 unspecified atom stereocenters. The third kappa shape index (κ3) is 276. The molecule has 0 saturated carbocycles. The van der Waals surface area contributed by atoms with Gasteiger partial charge in [0.15, 0.2) is 0 Å². The van der Waals surface area contributed by atoms with Crippen LogP contribution in [0.25, 0.3) is 0 Å². The van der Waals surface area contributed by atoms with Gasteiger partial charge in [0.1, 0.15) is 0 Å². The predicted octanol–water partition coefficient (Wildman–Crippen LogP) is -6.80. The van der Waals surface area contributed by atoms with Crippen molar-refractivity contribution in [3.63, 3.8) is 0 Å². The second-order valence-electron chi connectivity index (χ2n) is 0.894. The first kappa shape index (κ1) is 49.9. The average molecular weight is 979 g/mol. The minimum absolute atomic E-state index is 0. The van der Waals surface area contributed by atoms with Crippen LogP contribution in [-0.2, 0) is 60.3 Å². The van der Waals surface area contributed by atoms with Crippen LogP contribution in [0.3, 0.4) is 0 Å². The molecule has 0 amide bonds. The molecule has 0 fully saturated rings. The average Bonchev–Trinajstić information content (AvgIpc) is 1.12. The maximum atomic E-state index is 8.55. The van der Waals surface area contributed by atoms with E-state index < -0.39 is 15.6 Å². The van der Waals surface area contributed by atoms with Crippen molar-refractivity contribution >= 4 is 97.5 Å². The second kappa shape index (κ2) is 24.6. The van der Waals surface area contributed by atoms with Crippen molar-refractivity contribution in [2.45, 2.75) is 0 Å². The van der Waals surface area contributed by atoms with Crippen LogP contribution in [0.4, 0.5) is 0 Å². The normalized spacial score (nSPS) is 7.38. The van der Waals surface area contributed by atoms with Gasteiger partial charge in [-0.15, -0.1) is 0 Å². The molecule has 0 aliphatic carbocycles. The van der Waals surface area contributed by atoms with E-state index in [0.717, 1.165) is 0 Å². The van der Waals surface area contributed by atoms with Crippen LogP contribution in [-0.4, -0.2) is 81.9 Å². The fourth-order valence-corrected chi connectivity index (χ4v) is 0. The zero-order valence-corrected chi connectivity index (χ0v) is 23.5. The number of phosphoric acid groups is 2. The van der Waals surface area contributed by atoms with E-state index in [1.165, 1.54) is 0 Å². The van der Waals surface area contributed by atoms with Gasteiger partial charge in [-0.1, -0.05) is 0 Å². The first-order chi connectivity index (χ1) is 4.00. The van der Waals surface area contributed by atoms with Crippen LogP contribution in [0.2, 0.25) is 0 Å². The van der Waals surface area contributed by atoms with Gasteiger partial charge >= 0.3 is 81.9 Å². The Morgan fingerprint density at radius 1 is 0.500 bits per heavy atom. The van der Waals surface area contributed by atoms with E-state index in [9.17, 15) is 0 Å². The van der Waals surface area contributed by atoms with E-state index in [-0.39, 0.29) is 133 Å². The number of hydrogen-bond donors (Lipinski definition) is 0. The molecule has 16 heteroatoms. The van der Waals surface area contributed by atoms with E-state index in [4.69, 9.17) is 38.5 Å². The minimum Gasteiger partial charge on any atom is -0.822 e. The summed E-state index contributed by atoms with van der Waals surface area (Å²) >= 11 is 0. The molecule has 0 atom stereocenters. The van der Waals surface area contributed by atoms with Gasteiger partial charge in [-0.05, 0) is 0 Å². The molecule has 0 aliphatic heterocycles. The van der Waals surface area contributed by atoms with Crippen LogP contribution in [0.1, 0.15) is 0 Å². The summed E-state index contributed by atoms with van der Waals surface area (Å²) in [6.45, 7) is 0. The Kier molecular flexibility index (Phi) is 76.5. The molecule has 0 aliphatic rings. The van der Waals surface area contributed by atoms with Gasteiger partial charge in [-0.2, -0.15) is 15.6 Å². The summed E-state index contributed by atoms with van der Waals surface area (Å²) in [6.07, 6.45) is 0. The SMILES string of the molecule is O=P([O-])([O-])[O-].O=P([O-])([O-])[O-].[Fe].[Fe].[Fe].[Pb+2].[Pb+2].[Pb+2]. The smallest absolute Gasteiger partial charge is 0.822 e. The van der Waals surface area contributed by atoms with Crippen LogP contribution in [0.5, 0.6) is 0 Å². The summed E-state index contributed by atoms with van der Waals surface area (Å²) in [5.74, 6) is 0. The van der Waals surface area contributed by atoms with Crippen LogP contribution in [0, 0.1) is 0 Å². The van der Waals surface area contributed by atoms with Gasteiger partial charge in [-0.3, -0.25) is 0 Å². The Morgan fingerprint density at radius 3 is 0.500 bits per heavy atom. The quantitative estimate of drug-likeness (QED) is 0.170. The van der Waals surface area contributed by atoms with Crippen molar-refractivity contribution in [3.8, 4) is 0 Å². The zero-order valence-electron chi connectivity index (χ0n) is 6.72. The fraction of sp³-hybridized carbons (Fsp3) is 0. The molecule has 0 heterocycles. The van der Waals surface area contributed by atoms with E-state index in [0.29, 0.717) is 0 Å². The van der Waals surface area contributed by atoms with E-state index in [1.54, 1.807) is 0 Å². The van der Waals surface area contributed by atoms with E-state index in [1.807, 2.05) is 0 Å². The molecule has 0 saturated heterocycles. The standard InChI is InChI=1S/3Fe.2H3O4P.3Pb/c;;;2*1-5(2,3)4;;;/h;;;2*(H3,1,2,3,4);;;/q;;;;;3*+2/p-6. The Labute approximate surface area is 184 Å². The minimum atomic E-state index is -5.39. The molecule has 16 heavy (non-hydrogen) atoms. The van der Waals surface area contributed by atoms with Gasteiger partial charge in [0.05, 0.1) is 0 Å². The van der Waals surface area contributed by atoms with Gasteiger partial charge in [-0.25, -0.2) is 0 Å². The fourth-order valence-electron chi connectivity index (χ4n) is 0. The molecule has 0 N–H and O–H groups in total. The van der Waals surface area contributed by atoms with Crippen molar-refractivity contribution < 1.29 is 89.7 Å². The van der Waals surface area contributed by atoms with Crippen LogP contribution >= 0.6 is 15.6 Å². The van der Waals surface area contributed by atoms with Crippen molar-refractivity contribution in [2.24, 2.45) is 0 Å². The molecular formula is Fe3O8P2Pb3. The summed E-state index contributed by atoms with van der Waals surface area (Å²) < 4.78 is 17.1. The van der Waals surface area contributed by atoms with E-state index >= 15 is 0 Å². The first-order valence-corrected chi connectivity index (χ1v) is 4.38. The molecule has 0 aromatic carbocycles. The Balaban J connectivity index is -0.00000000970. The summed E-state index contributed by atoms with van der Waals surface area (Å²) in [4.78, 5) is 51.3. The molecule has 6 radical (unpaired) electrons. The van der Waals surface area contributed by atoms with E-state index in [2.05, 4.69) is 0 Å². The third-order valence-electron chi connectivity index (χ3n) is 0. The summed E-state index contributed by atoms with van der Waals surface area (Å²) in [6, 6.07) is 0. The summed E-state index contributed by atoms with van der Waals surface area (Å²) in [5, 5.41) is 0. The summed E-state index contributed by atoms with van der Waals surface area (Å²) in [7, 11) is -10.8. The zero-order chi connectivity index (χ0) is 9.00. The molecule has 0 aromatic rings. The predicted molar refractivity (Wildman–Crippen MR) is 32.5 cm³/mol. The summed E-state index contributed by atoms with van der Waals surface area (Å²) in [5.41, 5.74) is 0. The van der Waals surface area contributed by atoms with Crippen LogP contribution in [0.15, 0.2) is 0 Å². The Bertz CT molecular complexity index is 141. The van der Waals surface area contributed by atoms with Gasteiger partial charge in [0.2, 0.25) is 0 Å². The van der Waals surface area contributed by atoms with Gasteiger partial charge in [0.25, 0.3) is 0 Å². The van der Waals surface area contributed by atoms with Crippen LogP contribution < -0.4 is 29.4 Å². The molecule has 94 valence electrons. The van der Waals surface area contributed by atoms with Crippen molar-refractivity contribution in [1.29, 1.82) is 0 Å².